The molecular weight excluding hydrogens is 123 g/mol. The summed E-state index contributed by atoms with van der Waals surface area (Å²) in [4.78, 5) is 0. The molecule has 2 nitrogen and oxygen atoms in total. The van der Waals surface area contributed by atoms with E-state index in [4.69, 9.17) is 10.2 Å². The predicted octanol–water partition coefficient (Wildman–Crippen LogP) is 0.230. The quantitative estimate of drug-likeness (QED) is 0.498. The topological polar surface area (TPSA) is 40.5 Å². The van der Waals surface area contributed by atoms with Crippen molar-refractivity contribution >= 4 is 0 Å². The molecule has 0 aromatic carbocycles. The average molecular weight is 134 g/mol. The molecule has 1 aliphatic carbocycles. The first-order valence-electron chi connectivity index (χ1n) is 3.22. The fraction of sp³-hybridized carbons (Fsp3) is 1.00. The number of aliphatic hydroxyl groups excluding tert-OH is 2. The highest BCUT2D eigenvalue weighted by atomic mass is 19.1. The van der Waals surface area contributed by atoms with Gasteiger partial charge in [0, 0.05) is 0 Å². The Labute approximate surface area is 53.3 Å². The third-order valence-electron chi connectivity index (χ3n) is 1.74. The van der Waals surface area contributed by atoms with E-state index in [0.29, 0.717) is 19.3 Å². The first-order valence-corrected chi connectivity index (χ1v) is 3.22. The molecule has 9 heavy (non-hydrogen) atoms. The van der Waals surface area contributed by atoms with Crippen LogP contribution in [0.5, 0.6) is 0 Å². The zero-order valence-corrected chi connectivity index (χ0v) is 5.13. The summed E-state index contributed by atoms with van der Waals surface area (Å²) in [6.45, 7) is 0. The SMILES string of the molecule is OC1CCCC(F)C1O. The smallest absolute Gasteiger partial charge is 0.128 e. The Kier molecular flexibility index (Phi) is 2.03. The Bertz CT molecular complexity index is 87.1. The van der Waals surface area contributed by atoms with Crippen LogP contribution in [-0.2, 0) is 0 Å². The van der Waals surface area contributed by atoms with E-state index in [2.05, 4.69) is 0 Å². The largest absolute Gasteiger partial charge is 0.390 e. The lowest BCUT2D eigenvalue weighted by Gasteiger charge is -2.25. The molecule has 1 fully saturated rings. The van der Waals surface area contributed by atoms with Gasteiger partial charge in [0.05, 0.1) is 6.10 Å². The first-order chi connectivity index (χ1) is 4.22. The molecule has 1 aliphatic rings. The number of rotatable bonds is 0. The Balaban J connectivity index is 2.41. The molecule has 0 spiro atoms. The summed E-state index contributed by atoms with van der Waals surface area (Å²) in [6.07, 6.45) is -1.60. The molecular formula is C6H11FO2. The fourth-order valence-corrected chi connectivity index (χ4v) is 1.10. The lowest BCUT2D eigenvalue weighted by molar-refractivity contribution is -0.0549. The van der Waals surface area contributed by atoms with Crippen LogP contribution in [0.4, 0.5) is 4.39 Å². The van der Waals surface area contributed by atoms with Gasteiger partial charge in [-0.3, -0.25) is 0 Å². The maximum atomic E-state index is 12.4. The van der Waals surface area contributed by atoms with E-state index < -0.39 is 18.4 Å². The molecule has 0 aromatic rings. The Hall–Kier alpha value is -0.150. The number of alkyl halides is 1. The van der Waals surface area contributed by atoms with E-state index >= 15 is 0 Å². The van der Waals surface area contributed by atoms with Crippen molar-refractivity contribution in [3.63, 3.8) is 0 Å². The van der Waals surface area contributed by atoms with Crippen LogP contribution in [0.15, 0.2) is 0 Å². The second kappa shape index (κ2) is 2.62. The van der Waals surface area contributed by atoms with Crippen molar-refractivity contribution in [2.75, 3.05) is 0 Å². The minimum absolute atomic E-state index is 0.387. The van der Waals surface area contributed by atoms with Gasteiger partial charge in [-0.2, -0.15) is 0 Å². The maximum Gasteiger partial charge on any atom is 0.128 e. The molecule has 0 radical (unpaired) electrons. The molecule has 0 heterocycles. The molecule has 1 rings (SSSR count). The number of halogens is 1. The standard InChI is InChI=1S/C6H11FO2/c7-4-2-1-3-5(8)6(4)9/h4-6,8-9H,1-3H2. The lowest BCUT2D eigenvalue weighted by Crippen LogP contribution is -2.38. The third kappa shape index (κ3) is 1.40. The van der Waals surface area contributed by atoms with Gasteiger partial charge in [0.15, 0.2) is 0 Å². The van der Waals surface area contributed by atoms with Crippen LogP contribution in [0.2, 0.25) is 0 Å². The van der Waals surface area contributed by atoms with Crippen LogP contribution >= 0.6 is 0 Å². The van der Waals surface area contributed by atoms with Crippen molar-refractivity contribution in [2.45, 2.75) is 37.6 Å². The van der Waals surface area contributed by atoms with Crippen LogP contribution < -0.4 is 0 Å². The predicted molar refractivity (Wildman–Crippen MR) is 30.8 cm³/mol. The molecule has 0 bridgehead atoms. The molecule has 54 valence electrons. The second-order valence-electron chi connectivity index (χ2n) is 2.50. The Morgan fingerprint density at radius 2 is 1.89 bits per heavy atom. The van der Waals surface area contributed by atoms with E-state index in [-0.39, 0.29) is 0 Å². The third-order valence-corrected chi connectivity index (χ3v) is 1.74. The normalized spacial score (nSPS) is 45.0. The number of hydrogen-bond acceptors (Lipinski definition) is 2. The molecule has 0 aliphatic heterocycles. The summed E-state index contributed by atoms with van der Waals surface area (Å²) in [5.74, 6) is 0. The second-order valence-corrected chi connectivity index (χ2v) is 2.50. The van der Waals surface area contributed by atoms with E-state index in [0.717, 1.165) is 0 Å². The number of aliphatic hydroxyl groups is 2. The zero-order valence-electron chi connectivity index (χ0n) is 5.13. The van der Waals surface area contributed by atoms with Gasteiger partial charge >= 0.3 is 0 Å². The van der Waals surface area contributed by atoms with Gasteiger partial charge in [-0.15, -0.1) is 0 Å². The fourth-order valence-electron chi connectivity index (χ4n) is 1.10. The molecule has 1 saturated carbocycles. The van der Waals surface area contributed by atoms with Crippen LogP contribution in [0.3, 0.4) is 0 Å². The Morgan fingerprint density at radius 1 is 1.22 bits per heavy atom. The molecule has 0 amide bonds. The van der Waals surface area contributed by atoms with Gasteiger partial charge in [-0.05, 0) is 19.3 Å². The van der Waals surface area contributed by atoms with E-state index in [1.807, 2.05) is 0 Å². The molecule has 2 N–H and O–H groups in total. The van der Waals surface area contributed by atoms with Gasteiger partial charge in [0.1, 0.15) is 12.3 Å². The highest BCUT2D eigenvalue weighted by Gasteiger charge is 2.29. The van der Waals surface area contributed by atoms with Gasteiger partial charge in [-0.25, -0.2) is 4.39 Å². The van der Waals surface area contributed by atoms with Crippen LogP contribution in [0.1, 0.15) is 19.3 Å². The summed E-state index contributed by atoms with van der Waals surface area (Å²) < 4.78 is 12.4. The summed E-state index contributed by atoms with van der Waals surface area (Å²) in [6, 6.07) is 0. The van der Waals surface area contributed by atoms with E-state index in [1.165, 1.54) is 0 Å². The van der Waals surface area contributed by atoms with Gasteiger partial charge < -0.3 is 10.2 Å². The summed E-state index contributed by atoms with van der Waals surface area (Å²) in [5.41, 5.74) is 0. The van der Waals surface area contributed by atoms with Crippen molar-refractivity contribution in [3.05, 3.63) is 0 Å². The Morgan fingerprint density at radius 3 is 2.33 bits per heavy atom. The molecule has 3 heteroatoms. The molecule has 3 unspecified atom stereocenters. The minimum Gasteiger partial charge on any atom is -0.390 e. The van der Waals surface area contributed by atoms with Crippen molar-refractivity contribution in [1.82, 2.24) is 0 Å². The summed E-state index contributed by atoms with van der Waals surface area (Å²) in [7, 11) is 0. The van der Waals surface area contributed by atoms with E-state index in [1.54, 1.807) is 0 Å². The van der Waals surface area contributed by atoms with Crippen molar-refractivity contribution < 1.29 is 14.6 Å². The van der Waals surface area contributed by atoms with E-state index in [9.17, 15) is 4.39 Å². The molecule has 3 atom stereocenters. The maximum absolute atomic E-state index is 12.4. The molecule has 0 aromatic heterocycles. The minimum atomic E-state index is -1.21. The van der Waals surface area contributed by atoms with Crippen molar-refractivity contribution in [3.8, 4) is 0 Å². The monoisotopic (exact) mass is 134 g/mol. The number of hydrogen-bond donors (Lipinski definition) is 2. The van der Waals surface area contributed by atoms with Crippen LogP contribution in [0.25, 0.3) is 0 Å². The van der Waals surface area contributed by atoms with Crippen LogP contribution in [-0.4, -0.2) is 28.6 Å². The summed E-state index contributed by atoms with van der Waals surface area (Å²) >= 11 is 0. The van der Waals surface area contributed by atoms with Gasteiger partial charge in [0.25, 0.3) is 0 Å². The summed E-state index contributed by atoms with van der Waals surface area (Å²) in [5, 5.41) is 17.7. The highest BCUT2D eigenvalue weighted by molar-refractivity contribution is 4.80. The van der Waals surface area contributed by atoms with Crippen molar-refractivity contribution in [1.29, 1.82) is 0 Å². The van der Waals surface area contributed by atoms with Crippen LogP contribution in [0, 0.1) is 0 Å². The van der Waals surface area contributed by atoms with Gasteiger partial charge in [0.2, 0.25) is 0 Å². The average Bonchev–Trinajstić information content (AvgIpc) is 1.83. The zero-order chi connectivity index (χ0) is 6.85. The molecule has 0 saturated heterocycles. The lowest BCUT2D eigenvalue weighted by atomic mass is 9.93. The van der Waals surface area contributed by atoms with Crippen molar-refractivity contribution in [2.24, 2.45) is 0 Å². The first kappa shape index (κ1) is 6.96. The highest BCUT2D eigenvalue weighted by Crippen LogP contribution is 2.21. The van der Waals surface area contributed by atoms with Gasteiger partial charge in [-0.1, -0.05) is 0 Å².